The van der Waals surface area contributed by atoms with Gasteiger partial charge in [0.05, 0.1) is 12.1 Å². The van der Waals surface area contributed by atoms with Crippen molar-refractivity contribution >= 4 is 0 Å². The largest absolute Gasteiger partial charge is 0.286 e. The first kappa shape index (κ1) is 6.83. The monoisotopic (exact) mass is 151 g/mol. The van der Waals surface area contributed by atoms with E-state index in [-0.39, 0.29) is 0 Å². The van der Waals surface area contributed by atoms with E-state index in [9.17, 15) is 0 Å². The number of hydrogen-bond acceptors (Lipinski definition) is 3. The highest BCUT2D eigenvalue weighted by Gasteiger charge is 2.29. The van der Waals surface area contributed by atoms with Gasteiger partial charge in [0.25, 0.3) is 0 Å². The molecule has 0 aromatic carbocycles. The minimum atomic E-state index is 0.415. The number of fused-ring (bicyclic) bond motifs is 1. The quantitative estimate of drug-likeness (QED) is 0.527. The highest BCUT2D eigenvalue weighted by molar-refractivity contribution is 5.19. The lowest BCUT2D eigenvalue weighted by Gasteiger charge is -2.24. The van der Waals surface area contributed by atoms with Gasteiger partial charge in [-0.25, -0.2) is 0 Å². The third-order valence-corrected chi connectivity index (χ3v) is 2.66. The Morgan fingerprint density at radius 2 is 2.00 bits per heavy atom. The molecule has 60 valence electrons. The van der Waals surface area contributed by atoms with Crippen LogP contribution >= 0.6 is 0 Å². The van der Waals surface area contributed by atoms with Gasteiger partial charge in [-0.2, -0.15) is 5.11 Å². The zero-order valence-electron chi connectivity index (χ0n) is 6.96. The number of nitrogens with zero attached hydrogens (tertiary/aromatic N) is 2. The van der Waals surface area contributed by atoms with E-state index in [1.165, 1.54) is 11.1 Å². The highest BCUT2D eigenvalue weighted by Crippen LogP contribution is 2.28. The van der Waals surface area contributed by atoms with Gasteiger partial charge >= 0.3 is 0 Å². The van der Waals surface area contributed by atoms with Gasteiger partial charge in [-0.1, -0.05) is 16.4 Å². The molecule has 0 aromatic heterocycles. The number of hydrogen-bond donors (Lipinski definition) is 1. The maximum atomic E-state index is 4.12. The molecule has 0 radical (unpaired) electrons. The van der Waals surface area contributed by atoms with Crippen LogP contribution in [0, 0.1) is 0 Å². The number of nitrogens with one attached hydrogen (secondary N) is 1. The van der Waals surface area contributed by atoms with Crippen LogP contribution in [0.5, 0.6) is 0 Å². The molecule has 0 bridgehead atoms. The summed E-state index contributed by atoms with van der Waals surface area (Å²) in [6, 6.07) is 0.900. The molecule has 1 aliphatic carbocycles. The van der Waals surface area contributed by atoms with Crippen molar-refractivity contribution in [2.24, 2.45) is 10.3 Å². The second-order valence-corrected chi connectivity index (χ2v) is 3.49. The van der Waals surface area contributed by atoms with Crippen LogP contribution in [0.15, 0.2) is 21.5 Å². The minimum Gasteiger partial charge on any atom is -0.286 e. The van der Waals surface area contributed by atoms with Crippen LogP contribution in [-0.2, 0) is 0 Å². The van der Waals surface area contributed by atoms with Crippen LogP contribution in [0.3, 0.4) is 0 Å². The zero-order valence-corrected chi connectivity index (χ0v) is 6.96. The van der Waals surface area contributed by atoms with Crippen LogP contribution < -0.4 is 5.43 Å². The molecular weight excluding hydrogens is 138 g/mol. The molecule has 0 amide bonds. The molecule has 2 aliphatic rings. The average molecular weight is 151 g/mol. The van der Waals surface area contributed by atoms with E-state index in [2.05, 4.69) is 29.6 Å². The van der Waals surface area contributed by atoms with Gasteiger partial charge in [-0.05, 0) is 26.7 Å². The van der Waals surface area contributed by atoms with E-state index in [0.717, 1.165) is 12.8 Å². The van der Waals surface area contributed by atoms with E-state index in [0.29, 0.717) is 12.1 Å². The molecule has 0 fully saturated rings. The standard InChI is InChI=1S/C8H13N3/c1-5-3-7-8(4-6(5)2)10-11-9-7/h7-8H,3-4H2,1-2H3,(H,9,10)/t7-,8+. The first-order valence-electron chi connectivity index (χ1n) is 4.08. The van der Waals surface area contributed by atoms with Crippen molar-refractivity contribution in [3.8, 4) is 0 Å². The predicted molar refractivity (Wildman–Crippen MR) is 43.2 cm³/mol. The van der Waals surface area contributed by atoms with Gasteiger partial charge in [0.1, 0.15) is 0 Å². The molecule has 11 heavy (non-hydrogen) atoms. The summed E-state index contributed by atoms with van der Waals surface area (Å²) in [6.45, 7) is 4.39. The van der Waals surface area contributed by atoms with Gasteiger partial charge in [0.2, 0.25) is 0 Å². The molecule has 2 atom stereocenters. The number of rotatable bonds is 0. The summed E-state index contributed by atoms with van der Waals surface area (Å²) < 4.78 is 0. The molecular formula is C8H13N3. The van der Waals surface area contributed by atoms with Crippen LogP contribution in [-0.4, -0.2) is 12.1 Å². The van der Waals surface area contributed by atoms with E-state index in [4.69, 9.17) is 0 Å². The van der Waals surface area contributed by atoms with Crippen LogP contribution in [0.1, 0.15) is 26.7 Å². The third-order valence-electron chi connectivity index (χ3n) is 2.66. The fourth-order valence-electron chi connectivity index (χ4n) is 1.70. The minimum absolute atomic E-state index is 0.415. The second-order valence-electron chi connectivity index (χ2n) is 3.49. The Morgan fingerprint density at radius 3 is 2.82 bits per heavy atom. The molecule has 1 N–H and O–H groups in total. The molecule has 0 saturated heterocycles. The summed E-state index contributed by atoms with van der Waals surface area (Å²) in [4.78, 5) is 0. The Hall–Kier alpha value is -0.860. The maximum Gasteiger partial charge on any atom is 0.0987 e. The molecule has 3 heteroatoms. The van der Waals surface area contributed by atoms with Gasteiger partial charge in [-0.15, -0.1) is 0 Å². The van der Waals surface area contributed by atoms with Gasteiger partial charge < -0.3 is 0 Å². The molecule has 0 spiro atoms. The lowest BCUT2D eigenvalue weighted by Crippen LogP contribution is -2.33. The van der Waals surface area contributed by atoms with Crippen molar-refractivity contribution in [3.63, 3.8) is 0 Å². The Bertz CT molecular complexity index is 229. The average Bonchev–Trinajstić information content (AvgIpc) is 2.36. The summed E-state index contributed by atoms with van der Waals surface area (Å²) in [5, 5.41) is 7.97. The van der Waals surface area contributed by atoms with Crippen molar-refractivity contribution in [1.82, 2.24) is 5.43 Å². The summed E-state index contributed by atoms with van der Waals surface area (Å²) in [5.41, 5.74) is 6.03. The van der Waals surface area contributed by atoms with Crippen molar-refractivity contribution in [2.75, 3.05) is 0 Å². The fraction of sp³-hybridized carbons (Fsp3) is 0.750. The first-order chi connectivity index (χ1) is 5.27. The smallest absolute Gasteiger partial charge is 0.0987 e. The molecule has 0 aromatic rings. The van der Waals surface area contributed by atoms with Crippen molar-refractivity contribution in [1.29, 1.82) is 0 Å². The highest BCUT2D eigenvalue weighted by atomic mass is 15.5. The zero-order chi connectivity index (χ0) is 7.84. The summed E-state index contributed by atoms with van der Waals surface area (Å²) >= 11 is 0. The first-order valence-corrected chi connectivity index (χ1v) is 4.08. The Balaban J connectivity index is 2.19. The van der Waals surface area contributed by atoms with Crippen molar-refractivity contribution < 1.29 is 0 Å². The summed E-state index contributed by atoms with van der Waals surface area (Å²) in [7, 11) is 0. The maximum absolute atomic E-state index is 4.12. The van der Waals surface area contributed by atoms with Crippen LogP contribution in [0.25, 0.3) is 0 Å². The van der Waals surface area contributed by atoms with E-state index < -0.39 is 0 Å². The predicted octanol–water partition coefficient (Wildman–Crippen LogP) is 1.82. The van der Waals surface area contributed by atoms with E-state index >= 15 is 0 Å². The second kappa shape index (κ2) is 2.32. The lowest BCUT2D eigenvalue weighted by molar-refractivity contribution is 0.475. The molecule has 0 saturated carbocycles. The molecule has 1 heterocycles. The Kier molecular flexibility index (Phi) is 1.44. The van der Waals surface area contributed by atoms with Gasteiger partial charge in [0.15, 0.2) is 0 Å². The Labute approximate surface area is 66.6 Å². The normalized spacial score (nSPS) is 35.5. The van der Waals surface area contributed by atoms with E-state index in [1.807, 2.05) is 0 Å². The van der Waals surface area contributed by atoms with Crippen LogP contribution in [0.2, 0.25) is 0 Å². The molecule has 1 aliphatic heterocycles. The third kappa shape index (κ3) is 1.04. The molecule has 0 unspecified atom stereocenters. The topological polar surface area (TPSA) is 36.8 Å². The molecule has 3 nitrogen and oxygen atoms in total. The van der Waals surface area contributed by atoms with Crippen molar-refractivity contribution in [3.05, 3.63) is 11.1 Å². The summed E-state index contributed by atoms with van der Waals surface area (Å²) in [5.74, 6) is 0. The Morgan fingerprint density at radius 1 is 1.27 bits per heavy atom. The van der Waals surface area contributed by atoms with Gasteiger partial charge in [-0.3, -0.25) is 5.43 Å². The van der Waals surface area contributed by atoms with Crippen LogP contribution in [0.4, 0.5) is 0 Å². The SMILES string of the molecule is CC1=C(C)C[C@H]2N=NN[C@H]2C1. The fourth-order valence-corrected chi connectivity index (χ4v) is 1.70. The van der Waals surface area contributed by atoms with E-state index in [1.54, 1.807) is 0 Å². The van der Waals surface area contributed by atoms with Crippen molar-refractivity contribution in [2.45, 2.75) is 38.8 Å². The van der Waals surface area contributed by atoms with Gasteiger partial charge in [0, 0.05) is 0 Å². The molecule has 2 rings (SSSR count). The lowest BCUT2D eigenvalue weighted by atomic mass is 9.87. The summed E-state index contributed by atoms with van der Waals surface area (Å²) in [6.07, 6.45) is 2.20.